The van der Waals surface area contributed by atoms with Crippen molar-refractivity contribution in [2.45, 2.75) is 41.2 Å². The van der Waals surface area contributed by atoms with Gasteiger partial charge in [-0.1, -0.05) is 6.07 Å². The first-order chi connectivity index (χ1) is 12.4. The van der Waals surface area contributed by atoms with Crippen LogP contribution in [0.5, 0.6) is 5.75 Å². The molecule has 0 aliphatic carbocycles. The van der Waals surface area contributed by atoms with Crippen molar-refractivity contribution in [3.63, 3.8) is 0 Å². The van der Waals surface area contributed by atoms with Crippen molar-refractivity contribution in [1.82, 2.24) is 4.90 Å². The second-order valence-corrected chi connectivity index (χ2v) is 7.57. The maximum absolute atomic E-state index is 5.37. The number of hydrogen-bond acceptors (Lipinski definition) is 3. The number of anilines is 1. The zero-order chi connectivity index (χ0) is 18.8. The molecule has 0 N–H and O–H groups in total. The van der Waals surface area contributed by atoms with Gasteiger partial charge in [0.25, 0.3) is 0 Å². The SMILES string of the molecule is COc1cccc(N2CCN(Cc3c(C)c(C)c(C)c(C)c3C)CC2)c1. The first-order valence-corrected chi connectivity index (χ1v) is 9.59. The zero-order valence-corrected chi connectivity index (χ0v) is 17.1. The lowest BCUT2D eigenvalue weighted by Crippen LogP contribution is -2.46. The number of nitrogens with zero attached hydrogens (tertiary/aromatic N) is 2. The van der Waals surface area contributed by atoms with Gasteiger partial charge in [-0.05, 0) is 80.1 Å². The minimum Gasteiger partial charge on any atom is -0.497 e. The Morgan fingerprint density at radius 3 is 1.96 bits per heavy atom. The molecule has 2 aromatic carbocycles. The van der Waals surface area contributed by atoms with Crippen molar-refractivity contribution in [1.29, 1.82) is 0 Å². The molecule has 0 spiro atoms. The Hall–Kier alpha value is -2.00. The molecule has 1 fully saturated rings. The van der Waals surface area contributed by atoms with Gasteiger partial charge in [0.05, 0.1) is 7.11 Å². The van der Waals surface area contributed by atoms with E-state index in [1.807, 2.05) is 6.07 Å². The number of rotatable bonds is 4. The molecule has 140 valence electrons. The second kappa shape index (κ2) is 7.71. The summed E-state index contributed by atoms with van der Waals surface area (Å²) in [5.74, 6) is 0.932. The highest BCUT2D eigenvalue weighted by Crippen LogP contribution is 2.28. The molecule has 0 bridgehead atoms. The van der Waals surface area contributed by atoms with Crippen LogP contribution in [0.25, 0.3) is 0 Å². The highest BCUT2D eigenvalue weighted by atomic mass is 16.5. The molecule has 0 aromatic heterocycles. The van der Waals surface area contributed by atoms with Crippen LogP contribution >= 0.6 is 0 Å². The summed E-state index contributed by atoms with van der Waals surface area (Å²) < 4.78 is 5.37. The van der Waals surface area contributed by atoms with Crippen LogP contribution in [0.2, 0.25) is 0 Å². The molecule has 1 aliphatic rings. The Bertz CT molecular complexity index is 760. The summed E-state index contributed by atoms with van der Waals surface area (Å²) in [5, 5.41) is 0. The van der Waals surface area contributed by atoms with E-state index in [1.54, 1.807) is 7.11 Å². The Morgan fingerprint density at radius 1 is 0.808 bits per heavy atom. The van der Waals surface area contributed by atoms with Gasteiger partial charge in [-0.3, -0.25) is 4.90 Å². The molecular weight excluding hydrogens is 320 g/mol. The molecule has 1 saturated heterocycles. The standard InChI is InChI=1S/C23H32N2O/c1-16-17(2)19(4)23(20(5)18(16)3)15-24-10-12-25(13-11-24)21-8-7-9-22(14-21)26-6/h7-9,14H,10-13,15H2,1-6H3. The monoisotopic (exact) mass is 352 g/mol. The number of ether oxygens (including phenoxy) is 1. The number of piperazine rings is 1. The first kappa shape index (κ1) is 18.8. The summed E-state index contributed by atoms with van der Waals surface area (Å²) >= 11 is 0. The van der Waals surface area contributed by atoms with Crippen molar-refractivity contribution < 1.29 is 4.74 Å². The molecule has 0 amide bonds. The fourth-order valence-electron chi connectivity index (χ4n) is 4.01. The largest absolute Gasteiger partial charge is 0.497 e. The van der Waals surface area contributed by atoms with Gasteiger partial charge in [0, 0.05) is 44.5 Å². The van der Waals surface area contributed by atoms with Gasteiger partial charge in [0.2, 0.25) is 0 Å². The van der Waals surface area contributed by atoms with E-state index in [0.29, 0.717) is 0 Å². The summed E-state index contributed by atoms with van der Waals surface area (Å²) in [6.07, 6.45) is 0. The van der Waals surface area contributed by atoms with E-state index in [0.717, 1.165) is 38.5 Å². The summed E-state index contributed by atoms with van der Waals surface area (Å²) in [6, 6.07) is 8.40. The Morgan fingerprint density at radius 2 is 1.38 bits per heavy atom. The third-order valence-corrected chi connectivity index (χ3v) is 6.33. The van der Waals surface area contributed by atoms with Gasteiger partial charge in [0.15, 0.2) is 0 Å². The molecule has 3 heteroatoms. The molecule has 26 heavy (non-hydrogen) atoms. The van der Waals surface area contributed by atoms with E-state index in [-0.39, 0.29) is 0 Å². The molecule has 1 aliphatic heterocycles. The highest BCUT2D eigenvalue weighted by Gasteiger charge is 2.20. The number of hydrogen-bond donors (Lipinski definition) is 0. The topological polar surface area (TPSA) is 15.7 Å². The molecule has 0 atom stereocenters. The van der Waals surface area contributed by atoms with Gasteiger partial charge in [-0.15, -0.1) is 0 Å². The predicted octanol–water partition coefficient (Wildman–Crippen LogP) is 4.56. The van der Waals surface area contributed by atoms with Crippen molar-refractivity contribution >= 4 is 5.69 Å². The fraction of sp³-hybridized carbons (Fsp3) is 0.478. The van der Waals surface area contributed by atoms with Crippen LogP contribution in [0.15, 0.2) is 24.3 Å². The van der Waals surface area contributed by atoms with E-state index >= 15 is 0 Å². The smallest absolute Gasteiger partial charge is 0.120 e. The van der Waals surface area contributed by atoms with Crippen LogP contribution < -0.4 is 9.64 Å². The van der Waals surface area contributed by atoms with Gasteiger partial charge in [-0.2, -0.15) is 0 Å². The van der Waals surface area contributed by atoms with E-state index < -0.39 is 0 Å². The lowest BCUT2D eigenvalue weighted by Gasteiger charge is -2.37. The fourth-order valence-corrected chi connectivity index (χ4v) is 4.01. The van der Waals surface area contributed by atoms with Gasteiger partial charge < -0.3 is 9.64 Å². The van der Waals surface area contributed by atoms with E-state index in [2.05, 4.69) is 62.6 Å². The van der Waals surface area contributed by atoms with Gasteiger partial charge >= 0.3 is 0 Å². The van der Waals surface area contributed by atoms with Crippen LogP contribution in [0.1, 0.15) is 33.4 Å². The summed E-state index contributed by atoms with van der Waals surface area (Å²) in [7, 11) is 1.73. The normalized spacial score (nSPS) is 15.4. The van der Waals surface area contributed by atoms with Gasteiger partial charge in [-0.25, -0.2) is 0 Å². The third kappa shape index (κ3) is 3.59. The summed E-state index contributed by atoms with van der Waals surface area (Å²) in [6.45, 7) is 16.7. The molecule has 3 nitrogen and oxygen atoms in total. The minimum atomic E-state index is 0.932. The van der Waals surface area contributed by atoms with Crippen LogP contribution in [0.4, 0.5) is 5.69 Å². The predicted molar refractivity (Wildman–Crippen MR) is 111 cm³/mol. The Labute approximate surface area is 158 Å². The van der Waals surface area contributed by atoms with Crippen molar-refractivity contribution in [3.05, 3.63) is 57.6 Å². The van der Waals surface area contributed by atoms with Crippen molar-refractivity contribution in [2.75, 3.05) is 38.2 Å². The van der Waals surface area contributed by atoms with Crippen molar-refractivity contribution in [3.8, 4) is 5.75 Å². The zero-order valence-electron chi connectivity index (χ0n) is 17.1. The Balaban J connectivity index is 1.70. The first-order valence-electron chi connectivity index (χ1n) is 9.59. The highest BCUT2D eigenvalue weighted by molar-refractivity contribution is 5.51. The molecule has 1 heterocycles. The molecule has 0 unspecified atom stereocenters. The number of benzene rings is 2. The van der Waals surface area contributed by atoms with Crippen LogP contribution in [-0.2, 0) is 6.54 Å². The van der Waals surface area contributed by atoms with E-state index in [1.165, 1.54) is 39.1 Å². The average molecular weight is 353 g/mol. The summed E-state index contributed by atoms with van der Waals surface area (Å²) in [5.41, 5.74) is 10.1. The van der Waals surface area contributed by atoms with E-state index in [4.69, 9.17) is 4.74 Å². The van der Waals surface area contributed by atoms with Crippen LogP contribution in [-0.4, -0.2) is 38.2 Å². The van der Waals surface area contributed by atoms with Crippen LogP contribution in [0, 0.1) is 34.6 Å². The maximum atomic E-state index is 5.37. The second-order valence-electron chi connectivity index (χ2n) is 7.57. The lowest BCUT2D eigenvalue weighted by atomic mass is 9.89. The number of methoxy groups -OCH3 is 1. The quantitative estimate of drug-likeness (QED) is 0.802. The molecule has 3 rings (SSSR count). The lowest BCUT2D eigenvalue weighted by molar-refractivity contribution is 0.249. The Kier molecular flexibility index (Phi) is 5.57. The molecule has 2 aromatic rings. The van der Waals surface area contributed by atoms with Crippen LogP contribution in [0.3, 0.4) is 0 Å². The average Bonchev–Trinajstić information content (AvgIpc) is 2.68. The third-order valence-electron chi connectivity index (χ3n) is 6.33. The van der Waals surface area contributed by atoms with Gasteiger partial charge in [0.1, 0.15) is 5.75 Å². The summed E-state index contributed by atoms with van der Waals surface area (Å²) in [4.78, 5) is 5.06. The molecule has 0 radical (unpaired) electrons. The maximum Gasteiger partial charge on any atom is 0.120 e. The minimum absolute atomic E-state index is 0.932. The molecule has 0 saturated carbocycles. The molecular formula is C23H32N2O. The van der Waals surface area contributed by atoms with E-state index in [9.17, 15) is 0 Å². The van der Waals surface area contributed by atoms with Crippen molar-refractivity contribution in [2.24, 2.45) is 0 Å².